The van der Waals surface area contributed by atoms with E-state index in [0.29, 0.717) is 12.0 Å². The fourth-order valence-electron chi connectivity index (χ4n) is 3.36. The first-order valence-electron chi connectivity index (χ1n) is 8.21. The number of rotatable bonds is 5. The molecular formula is C18H28FN. The van der Waals surface area contributed by atoms with Gasteiger partial charge in [0.25, 0.3) is 0 Å². The third-order valence-electron chi connectivity index (χ3n) is 4.53. The van der Waals surface area contributed by atoms with Gasteiger partial charge in [0.1, 0.15) is 5.82 Å². The highest BCUT2D eigenvalue weighted by Gasteiger charge is 2.24. The summed E-state index contributed by atoms with van der Waals surface area (Å²) < 4.78 is 13.5. The first kappa shape index (κ1) is 15.5. The molecule has 0 amide bonds. The van der Waals surface area contributed by atoms with Crippen LogP contribution in [0.4, 0.5) is 4.39 Å². The lowest BCUT2D eigenvalue weighted by molar-refractivity contribution is 0.325. The maximum atomic E-state index is 13.5. The molecule has 2 rings (SSSR count). The van der Waals surface area contributed by atoms with Gasteiger partial charge in [0.15, 0.2) is 0 Å². The minimum atomic E-state index is -0.0937. The van der Waals surface area contributed by atoms with E-state index in [2.05, 4.69) is 12.2 Å². The van der Waals surface area contributed by atoms with Crippen LogP contribution >= 0.6 is 0 Å². The molecule has 0 saturated heterocycles. The van der Waals surface area contributed by atoms with E-state index in [-0.39, 0.29) is 5.82 Å². The number of nitrogens with one attached hydrogen (secondary N) is 1. The molecule has 2 heteroatoms. The van der Waals surface area contributed by atoms with Gasteiger partial charge in [0, 0.05) is 6.04 Å². The second-order valence-electron chi connectivity index (χ2n) is 6.19. The van der Waals surface area contributed by atoms with Gasteiger partial charge in [-0.1, -0.05) is 44.7 Å². The Balaban J connectivity index is 2.18. The van der Waals surface area contributed by atoms with Gasteiger partial charge in [-0.25, -0.2) is 4.39 Å². The van der Waals surface area contributed by atoms with Crippen LogP contribution in [0.2, 0.25) is 0 Å². The van der Waals surface area contributed by atoms with E-state index in [4.69, 9.17) is 0 Å². The van der Waals surface area contributed by atoms with Gasteiger partial charge < -0.3 is 5.32 Å². The third-order valence-corrected chi connectivity index (χ3v) is 4.53. The van der Waals surface area contributed by atoms with Crippen molar-refractivity contribution in [2.45, 2.75) is 64.8 Å². The Kier molecular flexibility index (Phi) is 6.03. The molecule has 1 aromatic carbocycles. The van der Waals surface area contributed by atoms with E-state index in [1.807, 2.05) is 19.1 Å². The van der Waals surface area contributed by atoms with Crippen LogP contribution in [0.5, 0.6) is 0 Å². The molecule has 0 heterocycles. The molecule has 0 aliphatic heterocycles. The first-order valence-corrected chi connectivity index (χ1v) is 8.21. The highest BCUT2D eigenvalue weighted by molar-refractivity contribution is 5.27. The lowest BCUT2D eigenvalue weighted by Gasteiger charge is -2.28. The topological polar surface area (TPSA) is 12.0 Å². The monoisotopic (exact) mass is 277 g/mol. The zero-order valence-electron chi connectivity index (χ0n) is 12.9. The quantitative estimate of drug-likeness (QED) is 0.734. The van der Waals surface area contributed by atoms with Crippen LogP contribution in [0.25, 0.3) is 0 Å². The lowest BCUT2D eigenvalue weighted by Crippen LogP contribution is -2.29. The van der Waals surface area contributed by atoms with Gasteiger partial charge in [-0.3, -0.25) is 0 Å². The molecular weight excluding hydrogens is 249 g/mol. The van der Waals surface area contributed by atoms with Crippen molar-refractivity contribution in [1.82, 2.24) is 5.32 Å². The molecule has 1 nitrogen and oxygen atoms in total. The van der Waals surface area contributed by atoms with E-state index in [9.17, 15) is 4.39 Å². The fraction of sp³-hybridized carbons (Fsp3) is 0.667. The standard InChI is InChI=1S/C18H28FN/c1-3-12-20-18(15-8-6-4-5-7-9-15)16-10-11-17(19)14(2)13-16/h10-11,13,15,18,20H,3-9,12H2,1-2H3. The second-order valence-corrected chi connectivity index (χ2v) is 6.19. The van der Waals surface area contributed by atoms with Crippen molar-refractivity contribution in [3.63, 3.8) is 0 Å². The summed E-state index contributed by atoms with van der Waals surface area (Å²) in [6, 6.07) is 6.03. The average molecular weight is 277 g/mol. The number of benzene rings is 1. The van der Waals surface area contributed by atoms with Crippen LogP contribution in [-0.2, 0) is 0 Å². The van der Waals surface area contributed by atoms with E-state index < -0.39 is 0 Å². The average Bonchev–Trinajstić information content (AvgIpc) is 2.72. The minimum absolute atomic E-state index is 0.0937. The van der Waals surface area contributed by atoms with Crippen LogP contribution in [-0.4, -0.2) is 6.54 Å². The Labute approximate surface area is 123 Å². The van der Waals surface area contributed by atoms with Crippen molar-refractivity contribution in [3.8, 4) is 0 Å². The second kappa shape index (κ2) is 7.78. The molecule has 0 spiro atoms. The summed E-state index contributed by atoms with van der Waals surface area (Å²) in [6.07, 6.45) is 9.18. The van der Waals surface area contributed by atoms with Crippen molar-refractivity contribution in [2.24, 2.45) is 5.92 Å². The van der Waals surface area contributed by atoms with Gasteiger partial charge in [0.05, 0.1) is 0 Å². The Morgan fingerprint density at radius 2 is 1.90 bits per heavy atom. The molecule has 0 radical (unpaired) electrons. The summed E-state index contributed by atoms with van der Waals surface area (Å²) in [7, 11) is 0. The van der Waals surface area contributed by atoms with E-state index in [1.165, 1.54) is 44.1 Å². The summed E-state index contributed by atoms with van der Waals surface area (Å²) in [6.45, 7) is 5.10. The molecule has 112 valence electrons. The Morgan fingerprint density at radius 3 is 2.50 bits per heavy atom. The molecule has 1 aliphatic carbocycles. The van der Waals surface area contributed by atoms with Crippen molar-refractivity contribution in [1.29, 1.82) is 0 Å². The maximum Gasteiger partial charge on any atom is 0.126 e. The van der Waals surface area contributed by atoms with Crippen molar-refractivity contribution in [3.05, 3.63) is 35.1 Å². The molecule has 1 fully saturated rings. The maximum absolute atomic E-state index is 13.5. The Bertz CT molecular complexity index is 408. The third kappa shape index (κ3) is 4.05. The molecule has 1 atom stereocenters. The van der Waals surface area contributed by atoms with Crippen LogP contribution in [0, 0.1) is 18.7 Å². The predicted molar refractivity (Wildman–Crippen MR) is 83.4 cm³/mol. The summed E-state index contributed by atoms with van der Waals surface area (Å²) in [5, 5.41) is 3.71. The first-order chi connectivity index (χ1) is 9.72. The largest absolute Gasteiger partial charge is 0.310 e. The highest BCUT2D eigenvalue weighted by Crippen LogP contribution is 2.34. The Morgan fingerprint density at radius 1 is 1.20 bits per heavy atom. The van der Waals surface area contributed by atoms with Crippen molar-refractivity contribution >= 4 is 0 Å². The predicted octanol–water partition coefficient (Wildman–Crippen LogP) is 5.15. The van der Waals surface area contributed by atoms with Crippen LogP contribution in [0.15, 0.2) is 18.2 Å². The highest BCUT2D eigenvalue weighted by atomic mass is 19.1. The van der Waals surface area contributed by atoms with E-state index in [0.717, 1.165) is 18.5 Å². The number of halogens is 1. The SMILES string of the molecule is CCCNC(c1ccc(F)c(C)c1)C1CCCCCC1. The smallest absolute Gasteiger partial charge is 0.126 e. The minimum Gasteiger partial charge on any atom is -0.310 e. The van der Waals surface area contributed by atoms with Gasteiger partial charge >= 0.3 is 0 Å². The summed E-state index contributed by atoms with van der Waals surface area (Å²) in [4.78, 5) is 0. The zero-order valence-corrected chi connectivity index (χ0v) is 12.9. The van der Waals surface area contributed by atoms with E-state index >= 15 is 0 Å². The van der Waals surface area contributed by atoms with E-state index in [1.54, 1.807) is 6.07 Å². The normalized spacial score (nSPS) is 18.8. The summed E-state index contributed by atoms with van der Waals surface area (Å²) in [5.74, 6) is 0.609. The lowest BCUT2D eigenvalue weighted by atomic mass is 9.86. The number of aryl methyl sites for hydroxylation is 1. The molecule has 1 saturated carbocycles. The van der Waals surface area contributed by atoms with Gasteiger partial charge in [-0.05, 0) is 55.8 Å². The zero-order chi connectivity index (χ0) is 14.4. The molecule has 20 heavy (non-hydrogen) atoms. The van der Waals surface area contributed by atoms with Crippen molar-refractivity contribution in [2.75, 3.05) is 6.54 Å². The molecule has 1 aromatic rings. The van der Waals surface area contributed by atoms with Crippen LogP contribution < -0.4 is 5.32 Å². The number of hydrogen-bond donors (Lipinski definition) is 1. The Hall–Kier alpha value is -0.890. The molecule has 1 aliphatic rings. The summed E-state index contributed by atoms with van der Waals surface area (Å²) >= 11 is 0. The summed E-state index contributed by atoms with van der Waals surface area (Å²) in [5.41, 5.74) is 2.03. The fourth-order valence-corrected chi connectivity index (χ4v) is 3.36. The van der Waals surface area contributed by atoms with Gasteiger partial charge in [0.2, 0.25) is 0 Å². The number of hydrogen-bond acceptors (Lipinski definition) is 1. The molecule has 0 aromatic heterocycles. The molecule has 0 bridgehead atoms. The molecule has 1 N–H and O–H groups in total. The molecule has 1 unspecified atom stereocenters. The van der Waals surface area contributed by atoms with Gasteiger partial charge in [-0.2, -0.15) is 0 Å². The van der Waals surface area contributed by atoms with Crippen molar-refractivity contribution < 1.29 is 4.39 Å². The van der Waals surface area contributed by atoms with Crippen LogP contribution in [0.1, 0.15) is 69.0 Å². The van der Waals surface area contributed by atoms with Crippen LogP contribution in [0.3, 0.4) is 0 Å². The van der Waals surface area contributed by atoms with Gasteiger partial charge in [-0.15, -0.1) is 0 Å².